The Bertz CT molecular complexity index is 710. The molecule has 0 amide bonds. The highest BCUT2D eigenvalue weighted by atomic mass is 19.4. The quantitative estimate of drug-likeness (QED) is 0.357. The summed E-state index contributed by atoms with van der Waals surface area (Å²) < 4.78 is 48.7. The molecule has 0 bridgehead atoms. The maximum Gasteiger partial charge on any atom is 0.433 e. The van der Waals surface area contributed by atoms with Gasteiger partial charge < -0.3 is 14.6 Å². The number of ketones is 2. The molecule has 1 aliphatic rings. The number of carbonyl (C=O) groups is 2. The van der Waals surface area contributed by atoms with Gasteiger partial charge in [-0.05, 0) is 18.6 Å². The fourth-order valence-electron chi connectivity index (χ4n) is 2.51. The molecule has 0 aliphatic heterocycles. The van der Waals surface area contributed by atoms with Crippen LogP contribution in [0.5, 0.6) is 0 Å². The molecular formula is C17H18F3NO5. The summed E-state index contributed by atoms with van der Waals surface area (Å²) in [6, 6.07) is 1.67. The summed E-state index contributed by atoms with van der Waals surface area (Å²) in [5.74, 6) is -1.74. The Hall–Kier alpha value is -2.26. The first-order valence-corrected chi connectivity index (χ1v) is 7.89. The number of halogens is 3. The standard InChI is InChI=1S/C17H18F3NO5/c1-25-7-8-26-9-11-10(5-6-14(21-11)17(18,19)20)16(24)15-12(22)3-2-4-13(15)23/h5-6,24H,2-4,7-9H2,1H3. The molecule has 6 nitrogen and oxygen atoms in total. The van der Waals surface area contributed by atoms with Gasteiger partial charge in [-0.25, -0.2) is 4.98 Å². The zero-order chi connectivity index (χ0) is 19.3. The van der Waals surface area contributed by atoms with Gasteiger partial charge in [0.25, 0.3) is 0 Å². The highest BCUT2D eigenvalue weighted by molar-refractivity contribution is 6.25. The molecule has 1 aromatic rings. The van der Waals surface area contributed by atoms with Crippen LogP contribution >= 0.6 is 0 Å². The minimum absolute atomic E-state index is 0.0961. The minimum atomic E-state index is -4.68. The topological polar surface area (TPSA) is 85.7 Å². The molecule has 1 N–H and O–H groups in total. The summed E-state index contributed by atoms with van der Waals surface area (Å²) in [4.78, 5) is 27.4. The van der Waals surface area contributed by atoms with E-state index in [-0.39, 0.29) is 43.9 Å². The third kappa shape index (κ3) is 4.67. The third-order valence-electron chi connectivity index (χ3n) is 3.79. The van der Waals surface area contributed by atoms with Crippen LogP contribution in [-0.2, 0) is 31.8 Å². The van der Waals surface area contributed by atoms with Gasteiger partial charge >= 0.3 is 6.18 Å². The average molecular weight is 373 g/mol. The Morgan fingerprint density at radius 2 is 1.85 bits per heavy atom. The zero-order valence-electron chi connectivity index (χ0n) is 14.1. The van der Waals surface area contributed by atoms with E-state index >= 15 is 0 Å². The van der Waals surface area contributed by atoms with Gasteiger partial charge in [0.1, 0.15) is 17.0 Å². The summed E-state index contributed by atoms with van der Waals surface area (Å²) in [5, 5.41) is 10.4. The predicted molar refractivity (Wildman–Crippen MR) is 84.2 cm³/mol. The fourth-order valence-corrected chi connectivity index (χ4v) is 2.51. The van der Waals surface area contributed by atoms with E-state index in [1.54, 1.807) is 0 Å². The van der Waals surface area contributed by atoms with Crippen LogP contribution in [0.3, 0.4) is 0 Å². The van der Waals surface area contributed by atoms with Gasteiger partial charge in [0.2, 0.25) is 0 Å². The molecule has 2 rings (SSSR count). The zero-order valence-corrected chi connectivity index (χ0v) is 14.1. The molecule has 0 spiro atoms. The Morgan fingerprint density at radius 3 is 2.42 bits per heavy atom. The maximum absolute atomic E-state index is 12.9. The summed E-state index contributed by atoms with van der Waals surface area (Å²) in [7, 11) is 1.44. The Kier molecular flexibility index (Phi) is 6.49. The molecule has 142 valence electrons. The van der Waals surface area contributed by atoms with Gasteiger partial charge in [-0.2, -0.15) is 13.2 Å². The Balaban J connectivity index is 2.45. The molecule has 0 unspecified atom stereocenters. The second kappa shape index (κ2) is 8.41. The molecule has 1 saturated carbocycles. The first-order valence-electron chi connectivity index (χ1n) is 7.89. The van der Waals surface area contributed by atoms with Gasteiger partial charge in [-0.15, -0.1) is 0 Å². The molecule has 1 aliphatic carbocycles. The van der Waals surface area contributed by atoms with Crippen molar-refractivity contribution in [2.24, 2.45) is 0 Å². The highest BCUT2D eigenvalue weighted by Gasteiger charge is 2.34. The number of aliphatic hydroxyl groups excluding tert-OH is 1. The van der Waals surface area contributed by atoms with Gasteiger partial charge in [0.05, 0.1) is 25.5 Å². The van der Waals surface area contributed by atoms with Crippen LogP contribution < -0.4 is 0 Å². The van der Waals surface area contributed by atoms with E-state index in [9.17, 15) is 27.9 Å². The lowest BCUT2D eigenvalue weighted by molar-refractivity contribution is -0.141. The van der Waals surface area contributed by atoms with E-state index in [0.717, 1.165) is 6.07 Å². The third-order valence-corrected chi connectivity index (χ3v) is 3.79. The largest absolute Gasteiger partial charge is 0.506 e. The number of aliphatic hydroxyl groups is 1. The summed E-state index contributed by atoms with van der Waals surface area (Å²) in [6.07, 6.45) is -4.11. The number of hydrogen-bond donors (Lipinski definition) is 1. The number of nitrogens with zero attached hydrogens (tertiary/aromatic N) is 1. The number of ether oxygens (including phenoxy) is 2. The van der Waals surface area contributed by atoms with Crippen LogP contribution in [-0.4, -0.2) is 42.0 Å². The van der Waals surface area contributed by atoms with Crippen LogP contribution in [0.1, 0.15) is 36.2 Å². The van der Waals surface area contributed by atoms with Crippen molar-refractivity contribution < 1.29 is 37.3 Å². The van der Waals surface area contributed by atoms with Crippen molar-refractivity contribution >= 4 is 17.3 Å². The molecule has 0 radical (unpaired) electrons. The van der Waals surface area contributed by atoms with E-state index in [2.05, 4.69) is 4.98 Å². The normalized spacial score (nSPS) is 15.5. The number of Topliss-reactive ketones (excluding diaryl/α,β-unsaturated/α-hetero) is 2. The van der Waals surface area contributed by atoms with Crippen LogP contribution in [0, 0.1) is 0 Å². The van der Waals surface area contributed by atoms with Gasteiger partial charge in [0.15, 0.2) is 11.6 Å². The predicted octanol–water partition coefficient (Wildman–Crippen LogP) is 2.85. The van der Waals surface area contributed by atoms with Gasteiger partial charge in [-0.1, -0.05) is 0 Å². The van der Waals surface area contributed by atoms with Crippen molar-refractivity contribution in [3.05, 3.63) is 34.7 Å². The lowest BCUT2D eigenvalue weighted by Gasteiger charge is -2.17. The molecule has 1 aromatic heterocycles. The Labute approximate surface area is 147 Å². The highest BCUT2D eigenvalue weighted by Crippen LogP contribution is 2.31. The molecule has 0 saturated heterocycles. The molecule has 0 aromatic carbocycles. The number of hydrogen-bond acceptors (Lipinski definition) is 6. The van der Waals surface area contributed by atoms with Crippen molar-refractivity contribution in [1.82, 2.24) is 4.98 Å². The van der Waals surface area contributed by atoms with Crippen LogP contribution in [0.15, 0.2) is 17.7 Å². The molecule has 26 heavy (non-hydrogen) atoms. The second-order valence-electron chi connectivity index (χ2n) is 5.66. The lowest BCUT2D eigenvalue weighted by atomic mass is 9.89. The number of carbonyl (C=O) groups excluding carboxylic acids is 2. The number of aromatic nitrogens is 1. The van der Waals surface area contributed by atoms with Crippen molar-refractivity contribution in [2.75, 3.05) is 20.3 Å². The second-order valence-corrected chi connectivity index (χ2v) is 5.66. The van der Waals surface area contributed by atoms with E-state index in [1.165, 1.54) is 7.11 Å². The van der Waals surface area contributed by atoms with Crippen molar-refractivity contribution in [3.63, 3.8) is 0 Å². The molecular weight excluding hydrogens is 355 g/mol. The summed E-state index contributed by atoms with van der Waals surface area (Å²) >= 11 is 0. The van der Waals surface area contributed by atoms with Crippen LogP contribution in [0.4, 0.5) is 13.2 Å². The molecule has 9 heteroatoms. The van der Waals surface area contributed by atoms with E-state index < -0.39 is 34.8 Å². The number of methoxy groups -OCH3 is 1. The number of alkyl halides is 3. The molecule has 1 fully saturated rings. The smallest absolute Gasteiger partial charge is 0.433 e. The number of rotatable bonds is 6. The van der Waals surface area contributed by atoms with Crippen molar-refractivity contribution in [2.45, 2.75) is 32.0 Å². The van der Waals surface area contributed by atoms with Crippen LogP contribution in [0.25, 0.3) is 5.76 Å². The summed E-state index contributed by atoms with van der Waals surface area (Å²) in [5.41, 5.74) is -1.90. The van der Waals surface area contributed by atoms with Crippen molar-refractivity contribution in [1.29, 1.82) is 0 Å². The fraction of sp³-hybridized carbons (Fsp3) is 0.471. The van der Waals surface area contributed by atoms with E-state index in [4.69, 9.17) is 9.47 Å². The van der Waals surface area contributed by atoms with E-state index in [1.807, 2.05) is 0 Å². The van der Waals surface area contributed by atoms with Gasteiger partial charge in [0, 0.05) is 25.5 Å². The molecule has 1 heterocycles. The lowest BCUT2D eigenvalue weighted by Crippen LogP contribution is -2.21. The number of allylic oxidation sites excluding steroid dienone is 1. The molecule has 0 atom stereocenters. The average Bonchev–Trinajstić information content (AvgIpc) is 2.57. The number of pyridine rings is 1. The Morgan fingerprint density at radius 1 is 1.19 bits per heavy atom. The van der Waals surface area contributed by atoms with E-state index in [0.29, 0.717) is 12.5 Å². The first kappa shape index (κ1) is 20.1. The first-order chi connectivity index (χ1) is 12.3. The summed E-state index contributed by atoms with van der Waals surface area (Å²) in [6.45, 7) is -0.0241. The minimum Gasteiger partial charge on any atom is -0.506 e. The van der Waals surface area contributed by atoms with Gasteiger partial charge in [-0.3, -0.25) is 9.59 Å². The monoisotopic (exact) mass is 373 g/mol. The van der Waals surface area contributed by atoms with Crippen LogP contribution in [0.2, 0.25) is 0 Å². The SMILES string of the molecule is COCCOCc1nc(C(F)(F)F)ccc1C(O)=C1C(=O)CCCC1=O. The van der Waals surface area contributed by atoms with Crippen molar-refractivity contribution in [3.8, 4) is 0 Å². The maximum atomic E-state index is 12.9.